The van der Waals surface area contributed by atoms with Gasteiger partial charge in [0, 0.05) is 34.6 Å². The van der Waals surface area contributed by atoms with Gasteiger partial charge in [0.15, 0.2) is 11.7 Å². The zero-order chi connectivity index (χ0) is 23.7. The number of aromatic amines is 1. The summed E-state index contributed by atoms with van der Waals surface area (Å²) < 4.78 is 45.2. The van der Waals surface area contributed by atoms with Crippen molar-refractivity contribution in [3.05, 3.63) is 102 Å². The second-order valence-corrected chi connectivity index (χ2v) is 8.44. The van der Waals surface area contributed by atoms with E-state index in [1.165, 1.54) is 23.1 Å². The number of para-hydroxylation sites is 1. The fraction of sp³-hybridized carbons (Fsp3) is 0.179. The number of hydrogen-bond acceptors (Lipinski definition) is 2. The van der Waals surface area contributed by atoms with Gasteiger partial charge in [-0.2, -0.15) is 13.2 Å². The summed E-state index contributed by atoms with van der Waals surface area (Å²) in [6.07, 6.45) is -0.0235. The van der Waals surface area contributed by atoms with Gasteiger partial charge in [-0.3, -0.25) is 0 Å². The monoisotopic (exact) mass is 460 g/mol. The molecule has 0 bridgehead atoms. The Morgan fingerprint density at radius 3 is 2.29 bits per heavy atom. The third-order valence-electron chi connectivity index (χ3n) is 5.98. The first-order chi connectivity index (χ1) is 16.4. The number of H-pyrrole nitrogens is 1. The van der Waals surface area contributed by atoms with Crippen molar-refractivity contribution in [3.63, 3.8) is 0 Å². The van der Waals surface area contributed by atoms with Crippen molar-refractivity contribution >= 4 is 10.9 Å². The van der Waals surface area contributed by atoms with E-state index in [1.54, 1.807) is 0 Å². The van der Waals surface area contributed by atoms with Gasteiger partial charge < -0.3 is 9.40 Å². The second-order valence-electron chi connectivity index (χ2n) is 8.44. The molecule has 2 aromatic heterocycles. The largest absolute Gasteiger partial charge is 0.440 e. The minimum absolute atomic E-state index is 0.555. The average Bonchev–Trinajstić information content (AvgIpc) is 3.44. The van der Waals surface area contributed by atoms with E-state index < -0.39 is 11.7 Å². The van der Waals surface area contributed by atoms with Crippen LogP contribution in [0, 0.1) is 6.92 Å². The van der Waals surface area contributed by atoms with Crippen LogP contribution in [0.1, 0.15) is 29.0 Å². The molecule has 0 saturated heterocycles. The molecule has 0 atom stereocenters. The van der Waals surface area contributed by atoms with Crippen molar-refractivity contribution in [3.8, 4) is 22.6 Å². The number of hydrogen-bond donors (Lipinski definition) is 1. The van der Waals surface area contributed by atoms with Crippen LogP contribution in [0.4, 0.5) is 13.2 Å². The van der Waals surface area contributed by atoms with Crippen molar-refractivity contribution in [2.24, 2.45) is 0 Å². The van der Waals surface area contributed by atoms with Gasteiger partial charge in [-0.1, -0.05) is 60.2 Å². The van der Waals surface area contributed by atoms with Crippen molar-refractivity contribution in [1.82, 2.24) is 9.97 Å². The third kappa shape index (κ3) is 4.49. The molecule has 0 aliphatic carbocycles. The van der Waals surface area contributed by atoms with Crippen molar-refractivity contribution in [1.29, 1.82) is 0 Å². The van der Waals surface area contributed by atoms with Crippen molar-refractivity contribution in [2.45, 2.75) is 32.4 Å². The Hall–Kier alpha value is -3.80. The number of nitrogens with one attached hydrogen (secondary N) is 1. The van der Waals surface area contributed by atoms with Crippen LogP contribution in [0.5, 0.6) is 0 Å². The number of nitrogens with zero attached hydrogens (tertiary/aromatic N) is 1. The van der Waals surface area contributed by atoms with Gasteiger partial charge in [0.2, 0.25) is 0 Å². The van der Waals surface area contributed by atoms with E-state index in [4.69, 9.17) is 9.40 Å². The summed E-state index contributed by atoms with van der Waals surface area (Å²) in [6.45, 7) is 2.00. The highest BCUT2D eigenvalue weighted by Crippen LogP contribution is 2.36. The second kappa shape index (κ2) is 8.86. The zero-order valence-corrected chi connectivity index (χ0v) is 18.6. The van der Waals surface area contributed by atoms with Crippen molar-refractivity contribution in [2.75, 3.05) is 0 Å². The molecule has 34 heavy (non-hydrogen) atoms. The molecule has 0 aliphatic heterocycles. The third-order valence-corrected chi connectivity index (χ3v) is 5.98. The molecule has 0 amide bonds. The lowest BCUT2D eigenvalue weighted by atomic mass is 10.0. The Morgan fingerprint density at radius 1 is 0.853 bits per heavy atom. The number of oxazole rings is 1. The number of alkyl halides is 3. The highest BCUT2D eigenvalue weighted by molar-refractivity contribution is 5.83. The van der Waals surface area contributed by atoms with Gasteiger partial charge in [-0.05, 0) is 43.5 Å². The number of benzene rings is 3. The van der Waals surface area contributed by atoms with Crippen LogP contribution in [-0.2, 0) is 19.0 Å². The maximum Gasteiger partial charge on any atom is 0.416 e. The van der Waals surface area contributed by atoms with E-state index in [1.807, 2.05) is 49.5 Å². The number of aryl methyl sites for hydroxylation is 3. The number of aromatic nitrogens is 2. The summed E-state index contributed by atoms with van der Waals surface area (Å²) in [6, 6.07) is 21.1. The number of halogens is 3. The molecule has 0 saturated carbocycles. The fourth-order valence-corrected chi connectivity index (χ4v) is 4.15. The minimum Gasteiger partial charge on any atom is -0.440 e. The zero-order valence-electron chi connectivity index (χ0n) is 18.6. The van der Waals surface area contributed by atoms with E-state index in [-0.39, 0.29) is 0 Å². The van der Waals surface area contributed by atoms with Gasteiger partial charge in [-0.25, -0.2) is 4.98 Å². The van der Waals surface area contributed by atoms with Crippen LogP contribution in [0.15, 0.2) is 83.4 Å². The smallest absolute Gasteiger partial charge is 0.416 e. The SMILES string of the molecule is Cc1ccc(-c2oc(CCCc3c[nH]c4ccccc34)nc2-c2ccc(C(F)(F)F)cc2)cc1. The lowest BCUT2D eigenvalue weighted by Crippen LogP contribution is -2.04. The number of fused-ring (bicyclic) bond motifs is 1. The molecule has 1 N–H and O–H groups in total. The highest BCUT2D eigenvalue weighted by atomic mass is 19.4. The Balaban J connectivity index is 1.42. The van der Waals surface area contributed by atoms with E-state index in [0.29, 0.717) is 29.3 Å². The molecular weight excluding hydrogens is 437 g/mol. The lowest BCUT2D eigenvalue weighted by Gasteiger charge is -2.07. The summed E-state index contributed by atoms with van der Waals surface area (Å²) in [7, 11) is 0. The van der Waals surface area contributed by atoms with Gasteiger partial charge >= 0.3 is 6.18 Å². The quantitative estimate of drug-likeness (QED) is 0.279. The predicted molar refractivity (Wildman–Crippen MR) is 127 cm³/mol. The van der Waals surface area contributed by atoms with Crippen LogP contribution in [0.25, 0.3) is 33.5 Å². The molecule has 172 valence electrons. The maximum atomic E-state index is 13.0. The fourth-order valence-electron chi connectivity index (χ4n) is 4.15. The molecule has 0 unspecified atom stereocenters. The Kier molecular flexibility index (Phi) is 5.74. The molecule has 5 rings (SSSR count). The van der Waals surface area contributed by atoms with Crippen molar-refractivity contribution < 1.29 is 17.6 Å². The van der Waals surface area contributed by atoms with E-state index in [9.17, 15) is 13.2 Å². The topological polar surface area (TPSA) is 41.8 Å². The first-order valence-corrected chi connectivity index (χ1v) is 11.2. The Labute approximate surface area is 195 Å². The predicted octanol–water partition coefficient (Wildman–Crippen LogP) is 7.99. The van der Waals surface area contributed by atoms with Crippen LogP contribution in [0.2, 0.25) is 0 Å². The summed E-state index contributed by atoms with van der Waals surface area (Å²) in [5.41, 5.74) is 4.77. The summed E-state index contributed by atoms with van der Waals surface area (Å²) in [5, 5.41) is 1.21. The molecule has 3 aromatic carbocycles. The summed E-state index contributed by atoms with van der Waals surface area (Å²) >= 11 is 0. The molecule has 0 radical (unpaired) electrons. The Bertz CT molecular complexity index is 1410. The molecule has 2 heterocycles. The minimum atomic E-state index is -4.38. The molecule has 0 fully saturated rings. The normalized spacial score (nSPS) is 11.9. The summed E-state index contributed by atoms with van der Waals surface area (Å²) in [4.78, 5) is 7.99. The van der Waals surface area contributed by atoms with E-state index in [2.05, 4.69) is 17.1 Å². The molecule has 5 aromatic rings. The Morgan fingerprint density at radius 2 is 1.56 bits per heavy atom. The average molecular weight is 460 g/mol. The summed E-state index contributed by atoms with van der Waals surface area (Å²) in [5.74, 6) is 1.15. The lowest BCUT2D eigenvalue weighted by molar-refractivity contribution is -0.137. The molecule has 0 spiro atoms. The maximum absolute atomic E-state index is 13.0. The number of rotatable bonds is 6. The van der Waals surface area contributed by atoms with E-state index >= 15 is 0 Å². The molecule has 3 nitrogen and oxygen atoms in total. The van der Waals surface area contributed by atoms with Gasteiger partial charge in [0.05, 0.1) is 5.56 Å². The van der Waals surface area contributed by atoms with Gasteiger partial charge in [0.1, 0.15) is 5.69 Å². The van der Waals surface area contributed by atoms with Crippen LogP contribution in [-0.4, -0.2) is 9.97 Å². The van der Waals surface area contributed by atoms with Gasteiger partial charge in [-0.15, -0.1) is 0 Å². The van der Waals surface area contributed by atoms with Crippen LogP contribution in [0.3, 0.4) is 0 Å². The molecule has 0 aliphatic rings. The highest BCUT2D eigenvalue weighted by Gasteiger charge is 2.30. The van der Waals surface area contributed by atoms with E-state index in [0.717, 1.165) is 41.6 Å². The first kappa shape index (κ1) is 22.0. The molecule has 6 heteroatoms. The molecular formula is C28H23F3N2O. The first-order valence-electron chi connectivity index (χ1n) is 11.2. The van der Waals surface area contributed by atoms with Crippen LogP contribution < -0.4 is 0 Å². The van der Waals surface area contributed by atoms with Crippen LogP contribution >= 0.6 is 0 Å². The standard InChI is InChI=1S/C28H23F3N2O/c1-18-9-11-20(12-10-18)27-26(19-13-15-22(16-14-19)28(29,30)31)33-25(34-27)8-4-5-21-17-32-24-7-3-2-6-23(21)24/h2-3,6-7,9-17,32H,4-5,8H2,1H3. The van der Waals surface area contributed by atoms with Gasteiger partial charge in [0.25, 0.3) is 0 Å².